The van der Waals surface area contributed by atoms with Crippen molar-refractivity contribution in [2.24, 2.45) is 0 Å². The predicted molar refractivity (Wildman–Crippen MR) is 114 cm³/mol. The van der Waals surface area contributed by atoms with Gasteiger partial charge in [-0.15, -0.1) is 0 Å². The minimum atomic E-state index is -0.414. The van der Waals surface area contributed by atoms with Gasteiger partial charge in [-0.2, -0.15) is 5.10 Å². The molecule has 7 nitrogen and oxygen atoms in total. The van der Waals surface area contributed by atoms with Crippen LogP contribution in [0.25, 0.3) is 0 Å². The van der Waals surface area contributed by atoms with Gasteiger partial charge >= 0.3 is 0 Å². The van der Waals surface area contributed by atoms with Crippen LogP contribution in [0.15, 0.2) is 61.2 Å². The van der Waals surface area contributed by atoms with E-state index >= 15 is 0 Å². The van der Waals surface area contributed by atoms with Gasteiger partial charge in [0.05, 0.1) is 0 Å². The van der Waals surface area contributed by atoms with Crippen molar-refractivity contribution in [1.29, 1.82) is 0 Å². The highest BCUT2D eigenvalue weighted by molar-refractivity contribution is 5.75. The number of nitrogens with zero attached hydrogens (tertiary/aromatic N) is 4. The molecular formula is C23H26FN5O2. The zero-order valence-corrected chi connectivity index (χ0v) is 17.3. The van der Waals surface area contributed by atoms with Gasteiger partial charge < -0.3 is 10.1 Å². The Morgan fingerprint density at radius 1 is 1.16 bits per heavy atom. The third-order valence-corrected chi connectivity index (χ3v) is 5.32. The number of para-hydroxylation sites is 1. The molecule has 0 aliphatic carbocycles. The minimum absolute atomic E-state index is 0.0113. The van der Waals surface area contributed by atoms with Crippen molar-refractivity contribution in [3.05, 3.63) is 78.1 Å². The van der Waals surface area contributed by atoms with Crippen LogP contribution in [0.4, 0.5) is 4.39 Å². The van der Waals surface area contributed by atoms with Gasteiger partial charge in [0.15, 0.2) is 0 Å². The van der Waals surface area contributed by atoms with Crippen LogP contribution >= 0.6 is 0 Å². The van der Waals surface area contributed by atoms with Gasteiger partial charge in [0.2, 0.25) is 5.91 Å². The highest BCUT2D eigenvalue weighted by Gasteiger charge is 2.25. The standard InChI is InChI=1S/C23H26FN5O2/c24-20-8-3-2-7-19(20)22-15-28(14-18-6-1-4-9-21(18)31-22)13-11-26-23(30)10-5-12-29-17-25-16-27-29/h1-4,6-9,16-17,22H,5,10-15H2,(H,26,30). The van der Waals surface area contributed by atoms with Crippen LogP contribution < -0.4 is 10.1 Å². The van der Waals surface area contributed by atoms with E-state index in [1.807, 2.05) is 30.3 Å². The number of hydrogen-bond donors (Lipinski definition) is 1. The molecule has 1 N–H and O–H groups in total. The third-order valence-electron chi connectivity index (χ3n) is 5.32. The van der Waals surface area contributed by atoms with Gasteiger partial charge in [-0.3, -0.25) is 14.4 Å². The minimum Gasteiger partial charge on any atom is -0.484 e. The molecule has 1 atom stereocenters. The molecule has 1 aliphatic heterocycles. The Bertz CT molecular complexity index is 995. The number of benzene rings is 2. The normalized spacial score (nSPS) is 16.2. The van der Waals surface area contributed by atoms with Gasteiger partial charge in [-0.1, -0.05) is 36.4 Å². The summed E-state index contributed by atoms with van der Waals surface area (Å²) in [5.41, 5.74) is 1.60. The fraction of sp³-hybridized carbons (Fsp3) is 0.348. The molecule has 0 spiro atoms. The van der Waals surface area contributed by atoms with Crippen LogP contribution in [0.5, 0.6) is 5.75 Å². The van der Waals surface area contributed by atoms with E-state index in [2.05, 4.69) is 20.3 Å². The second-order valence-corrected chi connectivity index (χ2v) is 7.58. The lowest BCUT2D eigenvalue weighted by Crippen LogP contribution is -2.36. The number of fused-ring (bicyclic) bond motifs is 1. The second-order valence-electron chi connectivity index (χ2n) is 7.58. The van der Waals surface area contributed by atoms with Crippen LogP contribution in [0.2, 0.25) is 0 Å². The van der Waals surface area contributed by atoms with E-state index in [9.17, 15) is 9.18 Å². The molecule has 3 aromatic rings. The highest BCUT2D eigenvalue weighted by atomic mass is 19.1. The number of nitrogens with one attached hydrogen (secondary N) is 1. The van der Waals surface area contributed by atoms with E-state index < -0.39 is 6.10 Å². The van der Waals surface area contributed by atoms with Crippen molar-refractivity contribution in [2.75, 3.05) is 19.6 Å². The quantitative estimate of drug-likeness (QED) is 0.603. The second kappa shape index (κ2) is 10.2. The molecule has 162 valence electrons. The van der Waals surface area contributed by atoms with Crippen LogP contribution in [-0.2, 0) is 17.9 Å². The van der Waals surface area contributed by atoms with Gasteiger partial charge in [-0.05, 0) is 18.6 Å². The van der Waals surface area contributed by atoms with Crippen molar-refractivity contribution in [3.8, 4) is 5.75 Å². The maximum absolute atomic E-state index is 14.4. The molecule has 8 heteroatoms. The third kappa shape index (κ3) is 5.67. The molecule has 31 heavy (non-hydrogen) atoms. The van der Waals surface area contributed by atoms with Crippen molar-refractivity contribution < 1.29 is 13.9 Å². The maximum atomic E-state index is 14.4. The molecule has 4 rings (SSSR count). The number of rotatable bonds is 8. The Hall–Kier alpha value is -3.26. The largest absolute Gasteiger partial charge is 0.484 e. The van der Waals surface area contributed by atoms with Crippen molar-refractivity contribution in [2.45, 2.75) is 32.0 Å². The first kappa shape index (κ1) is 21.0. The van der Waals surface area contributed by atoms with E-state index in [1.165, 1.54) is 12.4 Å². The van der Waals surface area contributed by atoms with Crippen LogP contribution in [-0.4, -0.2) is 45.2 Å². The molecule has 2 aromatic carbocycles. The number of carbonyl (C=O) groups is 1. The fourth-order valence-electron chi connectivity index (χ4n) is 3.74. The summed E-state index contributed by atoms with van der Waals surface area (Å²) in [6.07, 6.45) is 3.85. The molecule has 0 saturated heterocycles. The number of hydrogen-bond acceptors (Lipinski definition) is 5. The van der Waals surface area contributed by atoms with Gasteiger partial charge in [0, 0.05) is 50.3 Å². The summed E-state index contributed by atoms with van der Waals surface area (Å²) >= 11 is 0. The molecule has 1 unspecified atom stereocenters. The van der Waals surface area contributed by atoms with Gasteiger partial charge in [0.25, 0.3) is 0 Å². The van der Waals surface area contributed by atoms with Crippen LogP contribution in [0, 0.1) is 5.82 Å². The smallest absolute Gasteiger partial charge is 0.220 e. The Labute approximate surface area is 180 Å². The monoisotopic (exact) mass is 423 g/mol. The number of aryl methyl sites for hydroxylation is 1. The Morgan fingerprint density at radius 3 is 2.84 bits per heavy atom. The van der Waals surface area contributed by atoms with Gasteiger partial charge in [-0.25, -0.2) is 9.37 Å². The number of halogens is 1. The SMILES string of the molecule is O=C(CCCn1cncn1)NCCN1Cc2ccccc2OC(c2ccccc2F)C1. The average molecular weight is 423 g/mol. The first-order valence-electron chi connectivity index (χ1n) is 10.5. The summed E-state index contributed by atoms with van der Waals surface area (Å²) < 4.78 is 22.3. The summed E-state index contributed by atoms with van der Waals surface area (Å²) in [5.74, 6) is 0.514. The van der Waals surface area contributed by atoms with E-state index in [0.717, 1.165) is 11.3 Å². The van der Waals surface area contributed by atoms with Gasteiger partial charge in [0.1, 0.15) is 30.3 Å². The number of amides is 1. The molecule has 2 heterocycles. The molecule has 1 amide bonds. The Kier molecular flexibility index (Phi) is 6.89. The highest BCUT2D eigenvalue weighted by Crippen LogP contribution is 2.31. The van der Waals surface area contributed by atoms with E-state index in [1.54, 1.807) is 23.1 Å². The Balaban J connectivity index is 1.33. The molecule has 0 fully saturated rings. The molecular weight excluding hydrogens is 397 g/mol. The molecule has 0 saturated carbocycles. The van der Waals surface area contributed by atoms with E-state index in [0.29, 0.717) is 51.1 Å². The van der Waals surface area contributed by atoms with Crippen LogP contribution in [0.3, 0.4) is 0 Å². The van der Waals surface area contributed by atoms with Crippen molar-refractivity contribution in [3.63, 3.8) is 0 Å². The lowest BCUT2D eigenvalue weighted by Gasteiger charge is -2.24. The van der Waals surface area contributed by atoms with Crippen molar-refractivity contribution in [1.82, 2.24) is 25.0 Å². The zero-order valence-electron chi connectivity index (χ0n) is 17.3. The molecule has 1 aromatic heterocycles. The summed E-state index contributed by atoms with van der Waals surface area (Å²) in [7, 11) is 0. The maximum Gasteiger partial charge on any atom is 0.220 e. The predicted octanol–water partition coefficient (Wildman–Crippen LogP) is 2.95. The topological polar surface area (TPSA) is 72.3 Å². The molecule has 1 aliphatic rings. The van der Waals surface area contributed by atoms with E-state index in [4.69, 9.17) is 4.74 Å². The summed E-state index contributed by atoms with van der Waals surface area (Å²) in [6.45, 7) is 3.06. The molecule has 0 radical (unpaired) electrons. The lowest BCUT2D eigenvalue weighted by atomic mass is 10.1. The zero-order chi connectivity index (χ0) is 21.5. The lowest BCUT2D eigenvalue weighted by molar-refractivity contribution is -0.121. The van der Waals surface area contributed by atoms with Crippen LogP contribution in [0.1, 0.15) is 30.1 Å². The van der Waals surface area contributed by atoms with Crippen molar-refractivity contribution >= 4 is 5.91 Å². The first-order valence-corrected chi connectivity index (χ1v) is 10.5. The number of ether oxygens (including phenoxy) is 1. The average Bonchev–Trinajstić information content (AvgIpc) is 3.21. The first-order chi connectivity index (χ1) is 15.2. The Morgan fingerprint density at radius 2 is 2.00 bits per heavy atom. The number of aromatic nitrogens is 3. The summed E-state index contributed by atoms with van der Waals surface area (Å²) in [6, 6.07) is 14.6. The summed E-state index contributed by atoms with van der Waals surface area (Å²) in [4.78, 5) is 18.2. The number of carbonyl (C=O) groups excluding carboxylic acids is 1. The van der Waals surface area contributed by atoms with E-state index in [-0.39, 0.29) is 11.7 Å². The fourth-order valence-corrected chi connectivity index (χ4v) is 3.74. The summed E-state index contributed by atoms with van der Waals surface area (Å²) in [5, 5.41) is 7.01. The molecule has 0 bridgehead atoms.